The van der Waals surface area contributed by atoms with E-state index in [9.17, 15) is 18.4 Å². The van der Waals surface area contributed by atoms with Crippen molar-refractivity contribution in [1.29, 1.82) is 0 Å². The summed E-state index contributed by atoms with van der Waals surface area (Å²) >= 11 is 0. The second-order valence-electron chi connectivity index (χ2n) is 1.30. The van der Waals surface area contributed by atoms with Crippen molar-refractivity contribution < 1.29 is 23.5 Å². The molecule has 1 atom stereocenters. The molecule has 0 saturated heterocycles. The zero-order valence-electron chi connectivity index (χ0n) is 4.30. The molecule has 0 bridgehead atoms. The van der Waals surface area contributed by atoms with E-state index in [1.165, 1.54) is 0 Å². The molecule has 52 valence electrons. The number of carboxylic acid groups (broad SMARTS) is 1. The Kier molecular flexibility index (Phi) is 2.77. The molecule has 0 aromatic rings. The Labute approximate surface area is 49.3 Å². The van der Waals surface area contributed by atoms with Crippen LogP contribution in [-0.4, -0.2) is 29.7 Å². The quantitative estimate of drug-likeness (QED) is 0.556. The summed E-state index contributed by atoms with van der Waals surface area (Å²) in [7, 11) is 0. The average Bonchev–Trinajstić information content (AvgIpc) is 1.84. The summed E-state index contributed by atoms with van der Waals surface area (Å²) in [6.45, 7) is -1.58. The second-order valence-corrected chi connectivity index (χ2v) is 1.30. The van der Waals surface area contributed by atoms with Gasteiger partial charge in [0, 0.05) is 0 Å². The molecule has 0 aliphatic heterocycles. The molecule has 0 amide bonds. The fourth-order valence-electron chi connectivity index (χ4n) is 0.205. The van der Waals surface area contributed by atoms with Gasteiger partial charge in [-0.2, -0.15) is 0 Å². The van der Waals surface area contributed by atoms with E-state index in [2.05, 4.69) is 0 Å². The molecule has 3 nitrogen and oxygen atoms in total. The van der Waals surface area contributed by atoms with E-state index in [1.807, 2.05) is 0 Å². The van der Waals surface area contributed by atoms with Crippen molar-refractivity contribution in [2.24, 2.45) is 0 Å². The van der Waals surface area contributed by atoms with Gasteiger partial charge in [-0.25, -0.2) is 13.6 Å². The number of halogens is 2. The highest BCUT2D eigenvalue weighted by Crippen LogP contribution is 1.92. The molecule has 0 aliphatic carbocycles. The molecule has 0 aromatic heterocycles. The molecule has 1 unspecified atom stereocenters. The lowest BCUT2D eigenvalue weighted by Crippen LogP contribution is -2.26. The Hall–Kier alpha value is -1.00. The number of hydrogen-bond acceptors (Lipinski definition) is 2. The minimum Gasteiger partial charge on any atom is -0.479 e. The van der Waals surface area contributed by atoms with E-state index in [0.29, 0.717) is 0 Å². The molecule has 0 aliphatic rings. The summed E-state index contributed by atoms with van der Waals surface area (Å²) < 4.78 is 22.9. The zero-order valence-corrected chi connectivity index (χ0v) is 4.30. The lowest BCUT2D eigenvalue weighted by Gasteiger charge is -1.94. The minimum atomic E-state index is -2.71. The van der Waals surface area contributed by atoms with Gasteiger partial charge in [0.1, 0.15) is 0 Å². The van der Waals surface area contributed by atoms with Crippen molar-refractivity contribution in [1.82, 2.24) is 0 Å². The largest absolute Gasteiger partial charge is 0.479 e. The van der Waals surface area contributed by atoms with E-state index in [1.54, 1.807) is 0 Å². The summed E-state index contributed by atoms with van der Waals surface area (Å²) in [6, 6.07) is 0. The fourth-order valence-corrected chi connectivity index (χ4v) is 0.205. The van der Waals surface area contributed by atoms with Crippen LogP contribution in [0.15, 0.2) is 0 Å². The van der Waals surface area contributed by atoms with E-state index in [4.69, 9.17) is 5.11 Å². The molecule has 0 aromatic carbocycles. The number of Topliss-reactive ketones (excluding diaryl/α,β-unsaturated/α-hetero) is 1. The predicted octanol–water partition coefficient (Wildman–Crippen LogP) is -0.0523. The number of carboxylic acids is 1. The van der Waals surface area contributed by atoms with Gasteiger partial charge in [0.2, 0.25) is 5.78 Å². The molecule has 0 spiro atoms. The third-order valence-electron chi connectivity index (χ3n) is 0.631. The van der Waals surface area contributed by atoms with Crippen molar-refractivity contribution in [3.63, 3.8) is 0 Å². The van der Waals surface area contributed by atoms with Crippen LogP contribution in [0.4, 0.5) is 8.78 Å². The third kappa shape index (κ3) is 2.16. The first-order chi connectivity index (χ1) is 4.09. The summed E-state index contributed by atoms with van der Waals surface area (Å²) in [4.78, 5) is 19.4. The maximum atomic E-state index is 11.7. The Balaban J connectivity index is 3.88. The monoisotopic (exact) mass is 138 g/mol. The smallest absolute Gasteiger partial charge is 0.346 e. The van der Waals surface area contributed by atoms with E-state index in [0.717, 1.165) is 0 Å². The van der Waals surface area contributed by atoms with E-state index in [-0.39, 0.29) is 0 Å². The van der Waals surface area contributed by atoms with Crippen LogP contribution in [0.1, 0.15) is 0 Å². The molecule has 1 N–H and O–H groups in total. The highest BCUT2D eigenvalue weighted by Gasteiger charge is 2.24. The van der Waals surface area contributed by atoms with Crippen LogP contribution >= 0.6 is 0 Å². The van der Waals surface area contributed by atoms with Crippen LogP contribution in [0.5, 0.6) is 0 Å². The van der Waals surface area contributed by atoms with Gasteiger partial charge in [-0.15, -0.1) is 0 Å². The zero-order chi connectivity index (χ0) is 7.44. The molecular weight excluding hydrogens is 134 g/mol. The van der Waals surface area contributed by atoms with Gasteiger partial charge in [0.15, 0.2) is 6.67 Å². The average molecular weight is 138 g/mol. The van der Waals surface area contributed by atoms with Crippen molar-refractivity contribution in [2.45, 2.75) is 6.17 Å². The third-order valence-corrected chi connectivity index (χ3v) is 0.631. The summed E-state index contributed by atoms with van der Waals surface area (Å²) in [5.41, 5.74) is 0. The highest BCUT2D eigenvalue weighted by molar-refractivity contribution is 6.01. The SMILES string of the molecule is O=C(O)C(F)C(=O)CF. The van der Waals surface area contributed by atoms with E-state index < -0.39 is 24.6 Å². The number of ketones is 1. The molecule has 5 heteroatoms. The van der Waals surface area contributed by atoms with Crippen LogP contribution < -0.4 is 0 Å². The maximum absolute atomic E-state index is 11.7. The first-order valence-electron chi connectivity index (χ1n) is 2.05. The number of hydrogen-bond donors (Lipinski definition) is 1. The van der Waals surface area contributed by atoms with Crippen LogP contribution in [0.25, 0.3) is 0 Å². The number of carbonyl (C=O) groups excluding carboxylic acids is 1. The Morgan fingerprint density at radius 2 is 2.00 bits per heavy atom. The first-order valence-corrected chi connectivity index (χ1v) is 2.05. The number of alkyl halides is 2. The number of rotatable bonds is 3. The van der Waals surface area contributed by atoms with Crippen LogP contribution in [0.2, 0.25) is 0 Å². The first kappa shape index (κ1) is 8.00. The molecule has 0 rings (SSSR count). The van der Waals surface area contributed by atoms with Gasteiger partial charge in [-0.1, -0.05) is 0 Å². The highest BCUT2D eigenvalue weighted by atomic mass is 19.1. The van der Waals surface area contributed by atoms with Crippen LogP contribution in [-0.2, 0) is 9.59 Å². The summed E-state index contributed by atoms with van der Waals surface area (Å²) in [6.07, 6.45) is -2.71. The van der Waals surface area contributed by atoms with Crippen LogP contribution in [0, 0.1) is 0 Å². The van der Waals surface area contributed by atoms with Gasteiger partial charge in [0.25, 0.3) is 6.17 Å². The summed E-state index contributed by atoms with van der Waals surface area (Å²) in [5, 5.41) is 7.72. The van der Waals surface area contributed by atoms with E-state index >= 15 is 0 Å². The van der Waals surface area contributed by atoms with Crippen LogP contribution in [0.3, 0.4) is 0 Å². The van der Waals surface area contributed by atoms with Gasteiger partial charge < -0.3 is 5.11 Å². The summed E-state index contributed by atoms with van der Waals surface area (Å²) in [5.74, 6) is -3.50. The molecule has 0 radical (unpaired) electrons. The molecular formula is C4H4F2O3. The molecule has 0 heterocycles. The normalized spacial score (nSPS) is 12.7. The minimum absolute atomic E-state index is 1.55. The van der Waals surface area contributed by atoms with Crippen molar-refractivity contribution in [3.05, 3.63) is 0 Å². The van der Waals surface area contributed by atoms with Crippen molar-refractivity contribution in [3.8, 4) is 0 Å². The van der Waals surface area contributed by atoms with Gasteiger partial charge in [0.05, 0.1) is 0 Å². The Morgan fingerprint density at radius 3 is 2.11 bits per heavy atom. The Bertz CT molecular complexity index is 134. The molecule has 0 fully saturated rings. The van der Waals surface area contributed by atoms with Crippen molar-refractivity contribution >= 4 is 11.8 Å². The Morgan fingerprint density at radius 1 is 1.56 bits per heavy atom. The van der Waals surface area contributed by atoms with Gasteiger partial charge in [-0.05, 0) is 0 Å². The fraction of sp³-hybridized carbons (Fsp3) is 0.500. The number of aliphatic carboxylic acids is 1. The second kappa shape index (κ2) is 3.11. The number of carbonyl (C=O) groups is 2. The maximum Gasteiger partial charge on any atom is 0.346 e. The molecule has 9 heavy (non-hydrogen) atoms. The van der Waals surface area contributed by atoms with Gasteiger partial charge in [-0.3, -0.25) is 4.79 Å². The van der Waals surface area contributed by atoms with Crippen molar-refractivity contribution in [2.75, 3.05) is 6.67 Å². The predicted molar refractivity (Wildman–Crippen MR) is 23.5 cm³/mol. The van der Waals surface area contributed by atoms with Gasteiger partial charge >= 0.3 is 5.97 Å². The topological polar surface area (TPSA) is 54.4 Å². The standard InChI is InChI=1S/C4H4F2O3/c5-1-2(7)3(6)4(8)9/h3H,1H2,(H,8,9). The molecule has 0 saturated carbocycles. The lowest BCUT2D eigenvalue weighted by atomic mass is 10.3. The lowest BCUT2D eigenvalue weighted by molar-refractivity contribution is -0.147.